The van der Waals surface area contributed by atoms with Crippen molar-refractivity contribution in [2.75, 3.05) is 44.2 Å². The summed E-state index contributed by atoms with van der Waals surface area (Å²) in [5.41, 5.74) is 1.61. The van der Waals surface area contributed by atoms with Crippen molar-refractivity contribution in [1.29, 1.82) is 0 Å². The van der Waals surface area contributed by atoms with Gasteiger partial charge in [-0.25, -0.2) is 8.78 Å². The number of piperazine rings is 1. The largest absolute Gasteiger partial charge is 0.463 e. The van der Waals surface area contributed by atoms with Gasteiger partial charge < -0.3 is 19.7 Å². The highest BCUT2D eigenvalue weighted by Crippen LogP contribution is 2.40. The van der Waals surface area contributed by atoms with Crippen molar-refractivity contribution in [1.82, 2.24) is 20.2 Å². The van der Waals surface area contributed by atoms with Crippen LogP contribution in [0.5, 0.6) is 6.01 Å². The van der Waals surface area contributed by atoms with Crippen molar-refractivity contribution < 1.29 is 18.3 Å². The molecule has 3 saturated heterocycles. The second-order valence-electron chi connectivity index (χ2n) is 12.7. The highest BCUT2D eigenvalue weighted by molar-refractivity contribution is 6.02. The van der Waals surface area contributed by atoms with E-state index in [0.717, 1.165) is 74.7 Å². The average molecular weight is 602 g/mol. The third-order valence-electron chi connectivity index (χ3n) is 9.34. The molecular weight excluding hydrogens is 560 g/mol. The molecule has 9 heteroatoms. The Kier molecular flexibility index (Phi) is 8.12. The second kappa shape index (κ2) is 12.2. The zero-order valence-electron chi connectivity index (χ0n) is 25.8. The van der Waals surface area contributed by atoms with E-state index < -0.39 is 11.6 Å². The number of aromatic nitrogens is 2. The van der Waals surface area contributed by atoms with E-state index in [2.05, 4.69) is 40.9 Å². The van der Waals surface area contributed by atoms with E-state index in [0.29, 0.717) is 35.5 Å². The summed E-state index contributed by atoms with van der Waals surface area (Å²) in [5.74, 6) is -0.754. The number of halogens is 2. The van der Waals surface area contributed by atoms with Crippen LogP contribution in [0.4, 0.5) is 14.6 Å². The standard InChI is InChI=1S/C35H41F2N5O2/c1-4-23-8-5-9-24-10-6-11-27(30(23)24)31-29(36)16-28-33(32(31)37)39-35(40-34(28)42-19-25-12-13-26(20-42)38-25)43-15-7-14-41-17-21(2)44-22(3)18-41/h5-6,8-11,16,21-22,25-26,38H,4,7,12-15,17-20H2,1-3H3. The molecule has 7 nitrogen and oxygen atoms in total. The summed E-state index contributed by atoms with van der Waals surface area (Å²) in [6, 6.07) is 13.8. The van der Waals surface area contributed by atoms with E-state index in [-0.39, 0.29) is 29.3 Å². The number of benzene rings is 3. The number of fused-ring (bicyclic) bond motifs is 4. The predicted octanol–water partition coefficient (Wildman–Crippen LogP) is 6.11. The van der Waals surface area contributed by atoms with Gasteiger partial charge in [0.05, 0.1) is 24.4 Å². The van der Waals surface area contributed by atoms with Gasteiger partial charge in [0.1, 0.15) is 17.2 Å². The molecule has 0 aliphatic carbocycles. The van der Waals surface area contributed by atoms with Gasteiger partial charge in [-0.1, -0.05) is 43.3 Å². The van der Waals surface area contributed by atoms with Crippen molar-refractivity contribution in [3.63, 3.8) is 0 Å². The summed E-state index contributed by atoms with van der Waals surface area (Å²) < 4.78 is 44.9. The molecule has 0 amide bonds. The fraction of sp³-hybridized carbons (Fsp3) is 0.486. The van der Waals surface area contributed by atoms with Crippen molar-refractivity contribution in [3.8, 4) is 17.1 Å². The van der Waals surface area contributed by atoms with Gasteiger partial charge >= 0.3 is 6.01 Å². The lowest BCUT2D eigenvalue weighted by atomic mass is 9.92. The molecule has 4 atom stereocenters. The van der Waals surface area contributed by atoms with Crippen LogP contribution in [0, 0.1) is 11.6 Å². The van der Waals surface area contributed by atoms with E-state index in [4.69, 9.17) is 14.5 Å². The molecular formula is C35H41F2N5O2. The summed E-state index contributed by atoms with van der Waals surface area (Å²) in [4.78, 5) is 13.9. The van der Waals surface area contributed by atoms with E-state index >= 15 is 8.78 Å². The van der Waals surface area contributed by atoms with E-state index in [1.54, 1.807) is 6.07 Å². The predicted molar refractivity (Wildman–Crippen MR) is 170 cm³/mol. The minimum Gasteiger partial charge on any atom is -0.463 e. The molecule has 1 aromatic heterocycles. The van der Waals surface area contributed by atoms with Crippen LogP contribution < -0.4 is 15.0 Å². The maximum atomic E-state index is 16.7. The van der Waals surface area contributed by atoms with E-state index in [1.165, 1.54) is 6.07 Å². The Balaban J connectivity index is 1.27. The number of rotatable bonds is 8. The zero-order chi connectivity index (χ0) is 30.4. The van der Waals surface area contributed by atoms with Gasteiger partial charge in [-0.3, -0.25) is 4.90 Å². The van der Waals surface area contributed by atoms with Crippen LogP contribution in [0.15, 0.2) is 42.5 Å². The fourth-order valence-electron chi connectivity index (χ4n) is 7.52. The lowest BCUT2D eigenvalue weighted by Crippen LogP contribution is -2.51. The number of nitrogens with one attached hydrogen (secondary N) is 1. The molecule has 0 radical (unpaired) electrons. The topological polar surface area (TPSA) is 62.8 Å². The molecule has 3 aliphatic rings. The first-order chi connectivity index (χ1) is 21.4. The molecule has 4 heterocycles. The minimum absolute atomic E-state index is 0.0597. The number of hydrogen-bond donors (Lipinski definition) is 1. The smallest absolute Gasteiger partial charge is 0.319 e. The first-order valence-electron chi connectivity index (χ1n) is 16.1. The number of anilines is 1. The Bertz CT molecular complexity index is 1660. The van der Waals surface area contributed by atoms with Gasteiger partial charge in [0.15, 0.2) is 5.82 Å². The molecule has 4 unspecified atom stereocenters. The molecule has 232 valence electrons. The van der Waals surface area contributed by atoms with Crippen LogP contribution in [0.2, 0.25) is 0 Å². The quantitative estimate of drug-likeness (QED) is 0.245. The Hall–Kier alpha value is -3.40. The van der Waals surface area contributed by atoms with Crippen LogP contribution >= 0.6 is 0 Å². The summed E-state index contributed by atoms with van der Waals surface area (Å²) in [6.07, 6.45) is 4.10. The Morgan fingerprint density at radius 3 is 2.43 bits per heavy atom. The van der Waals surface area contributed by atoms with Gasteiger partial charge in [-0.05, 0) is 67.5 Å². The molecule has 3 aromatic carbocycles. The summed E-state index contributed by atoms with van der Waals surface area (Å²) >= 11 is 0. The third kappa shape index (κ3) is 5.61. The third-order valence-corrected chi connectivity index (χ3v) is 9.34. The molecule has 3 aliphatic heterocycles. The highest BCUT2D eigenvalue weighted by atomic mass is 19.1. The van der Waals surface area contributed by atoms with Crippen LogP contribution in [0.25, 0.3) is 32.8 Å². The van der Waals surface area contributed by atoms with Crippen molar-refractivity contribution in [3.05, 3.63) is 59.7 Å². The van der Waals surface area contributed by atoms with E-state index in [9.17, 15) is 0 Å². The normalized spacial score (nSPS) is 24.0. The van der Waals surface area contributed by atoms with Gasteiger partial charge in [0, 0.05) is 50.2 Å². The second-order valence-corrected chi connectivity index (χ2v) is 12.7. The molecule has 1 N–H and O–H groups in total. The van der Waals surface area contributed by atoms with Gasteiger partial charge in [0.2, 0.25) is 0 Å². The Morgan fingerprint density at radius 1 is 0.977 bits per heavy atom. The summed E-state index contributed by atoms with van der Waals surface area (Å²) in [6.45, 7) is 10.7. The number of morpholine rings is 1. The van der Waals surface area contributed by atoms with Gasteiger partial charge in [0.25, 0.3) is 0 Å². The Labute approximate surface area is 257 Å². The molecule has 2 bridgehead atoms. The molecule has 0 saturated carbocycles. The molecule has 7 rings (SSSR count). The minimum atomic E-state index is -0.679. The monoisotopic (exact) mass is 601 g/mol. The SMILES string of the molecule is CCc1cccc2cccc(-c3c(F)cc4c(N5CC6CCC(C5)N6)nc(OCCCN5CC(C)OC(C)C5)nc4c3F)c12. The molecule has 0 spiro atoms. The van der Waals surface area contributed by atoms with Gasteiger partial charge in [-0.2, -0.15) is 9.97 Å². The maximum absolute atomic E-state index is 16.7. The fourth-order valence-corrected chi connectivity index (χ4v) is 7.52. The van der Waals surface area contributed by atoms with Crippen LogP contribution in [-0.2, 0) is 11.2 Å². The summed E-state index contributed by atoms with van der Waals surface area (Å²) in [5, 5.41) is 5.83. The number of hydrogen-bond acceptors (Lipinski definition) is 7. The molecule has 44 heavy (non-hydrogen) atoms. The first-order valence-corrected chi connectivity index (χ1v) is 16.1. The number of aryl methyl sites for hydroxylation is 1. The van der Waals surface area contributed by atoms with Gasteiger partial charge in [-0.15, -0.1) is 0 Å². The van der Waals surface area contributed by atoms with Crippen molar-refractivity contribution in [2.45, 2.75) is 70.7 Å². The average Bonchev–Trinajstić information content (AvgIpc) is 3.35. The molecule has 3 fully saturated rings. The van der Waals surface area contributed by atoms with Crippen molar-refractivity contribution in [2.24, 2.45) is 0 Å². The zero-order valence-corrected chi connectivity index (χ0v) is 25.8. The van der Waals surface area contributed by atoms with Crippen molar-refractivity contribution >= 4 is 27.5 Å². The summed E-state index contributed by atoms with van der Waals surface area (Å²) in [7, 11) is 0. The van der Waals surface area contributed by atoms with Crippen LogP contribution in [0.3, 0.4) is 0 Å². The number of nitrogens with zero attached hydrogens (tertiary/aromatic N) is 4. The molecule has 4 aromatic rings. The van der Waals surface area contributed by atoms with E-state index in [1.807, 2.05) is 30.3 Å². The Morgan fingerprint density at radius 2 is 1.70 bits per heavy atom. The van der Waals surface area contributed by atoms with Crippen LogP contribution in [-0.4, -0.2) is 78.5 Å². The number of ether oxygens (including phenoxy) is 2. The van der Waals surface area contributed by atoms with Crippen LogP contribution in [0.1, 0.15) is 45.6 Å². The lowest BCUT2D eigenvalue weighted by molar-refractivity contribution is -0.0686. The highest BCUT2D eigenvalue weighted by Gasteiger charge is 2.34. The first kappa shape index (κ1) is 29.3. The maximum Gasteiger partial charge on any atom is 0.319 e. The lowest BCUT2D eigenvalue weighted by Gasteiger charge is -2.35.